The first-order chi connectivity index (χ1) is 9.90. The summed E-state index contributed by atoms with van der Waals surface area (Å²) in [6.45, 7) is 5.59. The zero-order valence-electron chi connectivity index (χ0n) is 13.3. The molecule has 0 aliphatic carbocycles. The molecule has 0 aliphatic rings. The molecule has 1 atom stereocenters. The molecule has 4 heteroatoms. The van der Waals surface area contributed by atoms with E-state index in [9.17, 15) is 4.79 Å². The van der Waals surface area contributed by atoms with E-state index in [4.69, 9.17) is 4.74 Å². The standard InChI is InChI=1S/C17H25NO2S/c1-17(2,3)20-16(19)18-15(12-13-21-4)11-10-14-8-6-5-7-9-14/h5-11,15H,12-13H2,1-4H3,(H,18,19)/b11-10+/t15-/m0/s1. The number of hydrogen-bond acceptors (Lipinski definition) is 3. The lowest BCUT2D eigenvalue weighted by atomic mass is 10.1. The predicted molar refractivity (Wildman–Crippen MR) is 91.6 cm³/mol. The first-order valence-corrected chi connectivity index (χ1v) is 8.52. The van der Waals surface area contributed by atoms with Gasteiger partial charge in [0.05, 0.1) is 6.04 Å². The Kier molecular flexibility index (Phi) is 7.37. The number of rotatable bonds is 6. The number of carbonyl (C=O) groups is 1. The van der Waals surface area contributed by atoms with Crippen molar-refractivity contribution in [1.82, 2.24) is 5.32 Å². The average molecular weight is 307 g/mol. The molecule has 0 fully saturated rings. The van der Waals surface area contributed by atoms with Gasteiger partial charge in [-0.15, -0.1) is 0 Å². The van der Waals surface area contributed by atoms with Gasteiger partial charge < -0.3 is 10.1 Å². The van der Waals surface area contributed by atoms with Gasteiger partial charge in [-0.2, -0.15) is 11.8 Å². The minimum Gasteiger partial charge on any atom is -0.444 e. The zero-order valence-corrected chi connectivity index (χ0v) is 14.1. The van der Waals surface area contributed by atoms with Gasteiger partial charge in [0.2, 0.25) is 0 Å². The topological polar surface area (TPSA) is 38.3 Å². The number of hydrogen-bond donors (Lipinski definition) is 1. The largest absolute Gasteiger partial charge is 0.444 e. The van der Waals surface area contributed by atoms with E-state index in [1.54, 1.807) is 11.8 Å². The van der Waals surface area contributed by atoms with E-state index in [-0.39, 0.29) is 12.1 Å². The molecule has 21 heavy (non-hydrogen) atoms. The molecule has 0 saturated carbocycles. The molecule has 0 radical (unpaired) electrons. The number of carbonyl (C=O) groups excluding carboxylic acids is 1. The summed E-state index contributed by atoms with van der Waals surface area (Å²) in [5.41, 5.74) is 0.648. The fraction of sp³-hybridized carbons (Fsp3) is 0.471. The van der Waals surface area contributed by atoms with E-state index in [2.05, 4.69) is 11.6 Å². The van der Waals surface area contributed by atoms with Crippen molar-refractivity contribution in [3.8, 4) is 0 Å². The highest BCUT2D eigenvalue weighted by atomic mass is 32.2. The summed E-state index contributed by atoms with van der Waals surface area (Å²) < 4.78 is 5.31. The molecule has 0 spiro atoms. The molecule has 1 N–H and O–H groups in total. The minimum absolute atomic E-state index is 0.0208. The molecule has 1 aromatic carbocycles. The first-order valence-electron chi connectivity index (χ1n) is 7.12. The van der Waals surface area contributed by atoms with Crippen molar-refractivity contribution in [3.05, 3.63) is 42.0 Å². The van der Waals surface area contributed by atoms with E-state index in [1.807, 2.05) is 63.3 Å². The predicted octanol–water partition coefficient (Wildman–Crippen LogP) is 4.35. The molecule has 0 bridgehead atoms. The van der Waals surface area contributed by atoms with Crippen LogP contribution in [0.5, 0.6) is 0 Å². The molecule has 0 aromatic heterocycles. The average Bonchev–Trinajstić information content (AvgIpc) is 2.41. The molecular weight excluding hydrogens is 282 g/mol. The number of thioether (sulfide) groups is 1. The van der Waals surface area contributed by atoms with E-state index < -0.39 is 5.60 Å². The fourth-order valence-corrected chi connectivity index (χ4v) is 2.20. The maximum absolute atomic E-state index is 11.9. The Balaban J connectivity index is 2.63. The lowest BCUT2D eigenvalue weighted by Gasteiger charge is -2.22. The second kappa shape index (κ2) is 8.78. The fourth-order valence-electron chi connectivity index (χ4n) is 1.71. The third kappa shape index (κ3) is 8.45. The van der Waals surface area contributed by atoms with Crippen LogP contribution in [0.15, 0.2) is 36.4 Å². The van der Waals surface area contributed by atoms with Crippen LogP contribution in [-0.2, 0) is 4.74 Å². The Hall–Kier alpha value is -1.42. The Labute approximate surface area is 132 Å². The van der Waals surface area contributed by atoms with Crippen LogP contribution in [-0.4, -0.2) is 29.7 Å². The zero-order chi connectivity index (χ0) is 15.7. The molecule has 1 amide bonds. The van der Waals surface area contributed by atoms with Gasteiger partial charge in [0.25, 0.3) is 0 Å². The third-order valence-corrected chi connectivity index (χ3v) is 3.30. The molecule has 3 nitrogen and oxygen atoms in total. The highest BCUT2D eigenvalue weighted by molar-refractivity contribution is 7.98. The number of ether oxygens (including phenoxy) is 1. The van der Waals surface area contributed by atoms with Crippen LogP contribution >= 0.6 is 11.8 Å². The van der Waals surface area contributed by atoms with Crippen molar-refractivity contribution in [3.63, 3.8) is 0 Å². The molecule has 0 heterocycles. The Morgan fingerprint density at radius 3 is 2.57 bits per heavy atom. The molecule has 116 valence electrons. The molecule has 0 aliphatic heterocycles. The summed E-state index contributed by atoms with van der Waals surface area (Å²) in [5.74, 6) is 0.986. The second-order valence-electron chi connectivity index (χ2n) is 5.80. The van der Waals surface area contributed by atoms with Crippen LogP contribution in [0.4, 0.5) is 4.79 Å². The van der Waals surface area contributed by atoms with Gasteiger partial charge in [0.1, 0.15) is 5.60 Å². The van der Waals surface area contributed by atoms with Crippen LogP contribution in [0, 0.1) is 0 Å². The SMILES string of the molecule is CSCC[C@H](/C=C/c1ccccc1)NC(=O)OC(C)(C)C. The highest BCUT2D eigenvalue weighted by Gasteiger charge is 2.18. The van der Waals surface area contributed by atoms with Crippen LogP contribution < -0.4 is 5.32 Å². The summed E-state index contributed by atoms with van der Waals surface area (Å²) >= 11 is 1.77. The van der Waals surface area contributed by atoms with E-state index in [0.717, 1.165) is 17.7 Å². The van der Waals surface area contributed by atoms with Crippen molar-refractivity contribution in [2.75, 3.05) is 12.0 Å². The third-order valence-electron chi connectivity index (χ3n) is 2.66. The lowest BCUT2D eigenvalue weighted by molar-refractivity contribution is 0.0514. The number of amides is 1. The maximum Gasteiger partial charge on any atom is 0.408 e. The van der Waals surface area contributed by atoms with Crippen LogP contribution in [0.1, 0.15) is 32.8 Å². The van der Waals surface area contributed by atoms with Gasteiger partial charge in [0.15, 0.2) is 0 Å². The van der Waals surface area contributed by atoms with Gasteiger partial charge >= 0.3 is 6.09 Å². The quantitative estimate of drug-likeness (QED) is 0.849. The van der Waals surface area contributed by atoms with E-state index in [1.165, 1.54) is 0 Å². The van der Waals surface area contributed by atoms with Crippen molar-refractivity contribution in [2.24, 2.45) is 0 Å². The summed E-state index contributed by atoms with van der Waals surface area (Å²) in [6, 6.07) is 10.0. The summed E-state index contributed by atoms with van der Waals surface area (Å²) in [5, 5.41) is 2.92. The van der Waals surface area contributed by atoms with Crippen molar-refractivity contribution in [2.45, 2.75) is 38.8 Å². The number of nitrogens with one attached hydrogen (secondary N) is 1. The maximum atomic E-state index is 11.9. The monoisotopic (exact) mass is 307 g/mol. The van der Waals surface area contributed by atoms with Gasteiger partial charge in [-0.1, -0.05) is 42.5 Å². The van der Waals surface area contributed by atoms with E-state index in [0.29, 0.717) is 0 Å². The van der Waals surface area contributed by atoms with Crippen LogP contribution in [0.2, 0.25) is 0 Å². The van der Waals surface area contributed by atoms with Crippen LogP contribution in [0.25, 0.3) is 6.08 Å². The number of alkyl carbamates (subject to hydrolysis) is 1. The van der Waals surface area contributed by atoms with Crippen LogP contribution in [0.3, 0.4) is 0 Å². The molecule has 0 unspecified atom stereocenters. The van der Waals surface area contributed by atoms with E-state index >= 15 is 0 Å². The lowest BCUT2D eigenvalue weighted by Crippen LogP contribution is -2.38. The molecule has 1 aromatic rings. The Morgan fingerprint density at radius 1 is 1.33 bits per heavy atom. The molecular formula is C17H25NO2S. The second-order valence-corrected chi connectivity index (χ2v) is 6.79. The highest BCUT2D eigenvalue weighted by Crippen LogP contribution is 2.10. The van der Waals surface area contributed by atoms with Gasteiger partial charge in [-0.25, -0.2) is 4.79 Å². The van der Waals surface area contributed by atoms with Crippen molar-refractivity contribution < 1.29 is 9.53 Å². The molecule has 0 saturated heterocycles. The van der Waals surface area contributed by atoms with Crippen molar-refractivity contribution >= 4 is 23.9 Å². The Morgan fingerprint density at radius 2 is 2.00 bits per heavy atom. The van der Waals surface area contributed by atoms with Gasteiger partial charge in [-0.05, 0) is 44.8 Å². The summed E-state index contributed by atoms with van der Waals surface area (Å²) in [4.78, 5) is 11.9. The Bertz CT molecular complexity index is 452. The van der Waals surface area contributed by atoms with Gasteiger partial charge in [0, 0.05) is 0 Å². The number of benzene rings is 1. The summed E-state index contributed by atoms with van der Waals surface area (Å²) in [6.07, 6.45) is 6.62. The first kappa shape index (κ1) is 17.6. The smallest absolute Gasteiger partial charge is 0.408 e. The molecule has 1 rings (SSSR count). The van der Waals surface area contributed by atoms with Crippen molar-refractivity contribution in [1.29, 1.82) is 0 Å². The minimum atomic E-state index is -0.475. The normalized spacial score (nSPS) is 13.1. The van der Waals surface area contributed by atoms with Gasteiger partial charge in [-0.3, -0.25) is 0 Å². The summed E-state index contributed by atoms with van der Waals surface area (Å²) in [7, 11) is 0.